The standard InChI is InChI=1S/C22H19ClN4O4/c23-14-9-15-21(25-18(14)12-3-5-13(6-4-12)27-7-1-2-8-27)26-22(24-15)31-17-11-30-19-16(28)10-29-20(17)19/h1-9,16-17,19-20,28H,10-11H2,(H,24,25,26)/t16-,17-,19-,20-/m1/s1. The van der Waals surface area contributed by atoms with Crippen LogP contribution in [0, 0.1) is 0 Å². The number of H-pyrrole nitrogens is 1. The Bertz CT molecular complexity index is 1220. The lowest BCUT2D eigenvalue weighted by molar-refractivity contribution is 0.00706. The molecule has 0 saturated carbocycles. The van der Waals surface area contributed by atoms with Gasteiger partial charge in [-0.25, -0.2) is 4.98 Å². The van der Waals surface area contributed by atoms with E-state index in [0.717, 1.165) is 11.3 Å². The number of imidazole rings is 1. The van der Waals surface area contributed by atoms with Crippen LogP contribution in [-0.2, 0) is 9.47 Å². The number of ether oxygens (including phenoxy) is 3. The van der Waals surface area contributed by atoms with Crippen molar-refractivity contribution in [2.45, 2.75) is 24.4 Å². The second-order valence-corrected chi connectivity index (χ2v) is 8.10. The molecule has 1 aromatic carbocycles. The predicted molar refractivity (Wildman–Crippen MR) is 114 cm³/mol. The van der Waals surface area contributed by atoms with Crippen molar-refractivity contribution < 1.29 is 19.3 Å². The van der Waals surface area contributed by atoms with E-state index >= 15 is 0 Å². The van der Waals surface area contributed by atoms with Gasteiger partial charge in [-0.15, -0.1) is 0 Å². The molecule has 2 aliphatic heterocycles. The van der Waals surface area contributed by atoms with Crippen LogP contribution in [-0.4, -0.2) is 62.3 Å². The van der Waals surface area contributed by atoms with Crippen LogP contribution < -0.4 is 4.74 Å². The summed E-state index contributed by atoms with van der Waals surface area (Å²) in [5.41, 5.74) is 3.78. The van der Waals surface area contributed by atoms with Crippen molar-refractivity contribution in [3.8, 4) is 23.0 Å². The monoisotopic (exact) mass is 438 g/mol. The molecule has 158 valence electrons. The van der Waals surface area contributed by atoms with Crippen LogP contribution in [0.2, 0.25) is 5.02 Å². The van der Waals surface area contributed by atoms with Crippen LogP contribution in [0.4, 0.5) is 0 Å². The number of hydrogen-bond donors (Lipinski definition) is 2. The first-order valence-electron chi connectivity index (χ1n) is 10.0. The summed E-state index contributed by atoms with van der Waals surface area (Å²) in [7, 11) is 0. The van der Waals surface area contributed by atoms with E-state index in [0.29, 0.717) is 34.5 Å². The summed E-state index contributed by atoms with van der Waals surface area (Å²) in [6.45, 7) is 0.579. The molecule has 0 amide bonds. The molecule has 0 bridgehead atoms. The van der Waals surface area contributed by atoms with Crippen molar-refractivity contribution in [3.05, 3.63) is 59.9 Å². The van der Waals surface area contributed by atoms with Crippen molar-refractivity contribution in [2.75, 3.05) is 13.2 Å². The number of rotatable bonds is 4. The van der Waals surface area contributed by atoms with Crippen LogP contribution in [0.3, 0.4) is 0 Å². The molecule has 3 aromatic heterocycles. The smallest absolute Gasteiger partial charge is 0.296 e. The third-order valence-corrected chi connectivity index (χ3v) is 5.98. The topological polar surface area (TPSA) is 94.4 Å². The lowest BCUT2D eigenvalue weighted by Gasteiger charge is -2.15. The number of benzene rings is 1. The van der Waals surface area contributed by atoms with Gasteiger partial charge in [-0.1, -0.05) is 23.7 Å². The van der Waals surface area contributed by atoms with E-state index in [1.807, 2.05) is 53.4 Å². The van der Waals surface area contributed by atoms with E-state index in [1.165, 1.54) is 0 Å². The molecule has 8 nitrogen and oxygen atoms in total. The number of aromatic nitrogens is 4. The van der Waals surface area contributed by atoms with Crippen LogP contribution in [0.5, 0.6) is 6.01 Å². The Balaban J connectivity index is 1.27. The summed E-state index contributed by atoms with van der Waals surface area (Å²) in [6, 6.07) is 14.1. The van der Waals surface area contributed by atoms with E-state index in [-0.39, 0.29) is 24.9 Å². The van der Waals surface area contributed by atoms with Crippen LogP contribution in [0.15, 0.2) is 54.9 Å². The Kier molecular flexibility index (Phi) is 4.46. The average molecular weight is 439 g/mol. The van der Waals surface area contributed by atoms with Gasteiger partial charge >= 0.3 is 0 Å². The molecule has 2 aliphatic rings. The normalized spacial score (nSPS) is 25.2. The fourth-order valence-corrected chi connectivity index (χ4v) is 4.40. The number of aromatic amines is 1. The number of fused-ring (bicyclic) bond motifs is 2. The maximum atomic E-state index is 9.88. The highest BCUT2D eigenvalue weighted by Crippen LogP contribution is 2.32. The van der Waals surface area contributed by atoms with Gasteiger partial charge in [0.05, 0.1) is 29.4 Å². The summed E-state index contributed by atoms with van der Waals surface area (Å²) >= 11 is 6.52. The number of hydrogen-bond acceptors (Lipinski definition) is 6. The minimum Gasteiger partial charge on any atom is -0.456 e. The predicted octanol–water partition coefficient (Wildman–Crippen LogP) is 2.97. The Morgan fingerprint density at radius 1 is 1.06 bits per heavy atom. The molecule has 2 saturated heterocycles. The summed E-state index contributed by atoms with van der Waals surface area (Å²) < 4.78 is 19.2. The zero-order valence-corrected chi connectivity index (χ0v) is 17.1. The SMILES string of the molecule is O[C@@H]1CO[C@H]2[C@@H]1OC[C@H]2Oc1nc2nc(-c3ccc(-n4cccc4)cc3)c(Cl)cc2[nH]1. The third-order valence-electron chi connectivity index (χ3n) is 5.69. The first-order valence-corrected chi connectivity index (χ1v) is 10.4. The molecular formula is C22H19ClN4O4. The number of pyridine rings is 1. The molecule has 0 aliphatic carbocycles. The summed E-state index contributed by atoms with van der Waals surface area (Å²) in [5, 5.41) is 10.4. The second-order valence-electron chi connectivity index (χ2n) is 7.69. The maximum Gasteiger partial charge on any atom is 0.296 e. The minimum atomic E-state index is -0.624. The van der Waals surface area contributed by atoms with E-state index in [1.54, 1.807) is 6.07 Å². The van der Waals surface area contributed by atoms with E-state index in [4.69, 9.17) is 25.8 Å². The molecule has 4 aromatic rings. The first-order chi connectivity index (χ1) is 15.2. The first kappa shape index (κ1) is 18.8. The van der Waals surface area contributed by atoms with Gasteiger partial charge in [-0.05, 0) is 30.3 Å². The van der Waals surface area contributed by atoms with Crippen molar-refractivity contribution in [3.63, 3.8) is 0 Å². The molecule has 2 N–H and O–H groups in total. The van der Waals surface area contributed by atoms with Crippen LogP contribution in [0.1, 0.15) is 0 Å². The average Bonchev–Trinajstić information content (AvgIpc) is 3.55. The molecule has 2 fully saturated rings. The fourth-order valence-electron chi connectivity index (χ4n) is 4.14. The minimum absolute atomic E-state index is 0.249. The van der Waals surface area contributed by atoms with E-state index in [2.05, 4.69) is 15.0 Å². The molecule has 0 unspecified atom stereocenters. The number of aliphatic hydroxyl groups excluding tert-OH is 1. The molecule has 4 atom stereocenters. The highest BCUT2D eigenvalue weighted by molar-refractivity contribution is 6.33. The zero-order chi connectivity index (χ0) is 20.9. The number of nitrogens with one attached hydrogen (secondary N) is 1. The van der Waals surface area contributed by atoms with E-state index < -0.39 is 6.10 Å². The fraction of sp³-hybridized carbons (Fsp3) is 0.273. The Morgan fingerprint density at radius 3 is 2.65 bits per heavy atom. The highest BCUT2D eigenvalue weighted by Gasteiger charge is 2.48. The molecule has 9 heteroatoms. The number of aliphatic hydroxyl groups is 1. The van der Waals surface area contributed by atoms with E-state index in [9.17, 15) is 5.11 Å². The third kappa shape index (κ3) is 3.28. The number of nitrogens with zero attached hydrogens (tertiary/aromatic N) is 3. The summed E-state index contributed by atoms with van der Waals surface area (Å²) in [6.07, 6.45) is 2.34. The zero-order valence-electron chi connectivity index (χ0n) is 16.3. The van der Waals surface area contributed by atoms with Gasteiger partial charge in [0, 0.05) is 23.6 Å². The van der Waals surface area contributed by atoms with Crippen molar-refractivity contribution in [1.29, 1.82) is 0 Å². The van der Waals surface area contributed by atoms with Crippen molar-refractivity contribution >= 4 is 22.8 Å². The molecule has 0 radical (unpaired) electrons. The maximum absolute atomic E-state index is 9.88. The lowest BCUT2D eigenvalue weighted by Crippen LogP contribution is -2.34. The molecule has 0 spiro atoms. The van der Waals surface area contributed by atoms with Gasteiger partial charge < -0.3 is 28.9 Å². The molecule has 31 heavy (non-hydrogen) atoms. The Morgan fingerprint density at radius 2 is 1.84 bits per heavy atom. The van der Waals surface area contributed by atoms with Crippen molar-refractivity contribution in [2.24, 2.45) is 0 Å². The highest BCUT2D eigenvalue weighted by atomic mass is 35.5. The van der Waals surface area contributed by atoms with Crippen LogP contribution >= 0.6 is 11.6 Å². The van der Waals surface area contributed by atoms with Gasteiger partial charge in [0.1, 0.15) is 18.3 Å². The second kappa shape index (κ2) is 7.35. The lowest BCUT2D eigenvalue weighted by atomic mass is 10.1. The Hall–Kier alpha value is -2.91. The van der Waals surface area contributed by atoms with Crippen LogP contribution in [0.25, 0.3) is 28.1 Å². The van der Waals surface area contributed by atoms with Crippen molar-refractivity contribution in [1.82, 2.24) is 19.5 Å². The quantitative estimate of drug-likeness (QED) is 0.508. The van der Waals surface area contributed by atoms with Gasteiger partial charge in [-0.2, -0.15) is 4.98 Å². The Labute approximate surface area is 182 Å². The largest absolute Gasteiger partial charge is 0.456 e. The molecule has 5 heterocycles. The summed E-state index contributed by atoms with van der Waals surface area (Å²) in [4.78, 5) is 12.2. The molecular weight excluding hydrogens is 420 g/mol. The molecule has 6 rings (SSSR count). The van der Waals surface area contributed by atoms with Gasteiger partial charge in [0.15, 0.2) is 11.8 Å². The number of halogens is 1. The van der Waals surface area contributed by atoms with Gasteiger partial charge in [0.2, 0.25) is 0 Å². The van der Waals surface area contributed by atoms with Gasteiger partial charge in [0.25, 0.3) is 6.01 Å². The van der Waals surface area contributed by atoms with Gasteiger partial charge in [-0.3, -0.25) is 0 Å². The summed E-state index contributed by atoms with van der Waals surface area (Å²) in [5.74, 6) is 0.